The molecule has 0 saturated heterocycles. The lowest BCUT2D eigenvalue weighted by atomic mass is 10.2. The summed E-state index contributed by atoms with van der Waals surface area (Å²) in [4.78, 5) is 4.29. The third-order valence-electron chi connectivity index (χ3n) is 3.71. The molecule has 120 valence electrons. The summed E-state index contributed by atoms with van der Waals surface area (Å²) in [6, 6.07) is 3.65. The summed E-state index contributed by atoms with van der Waals surface area (Å²) < 4.78 is 32.6. The molecule has 7 heteroatoms. The summed E-state index contributed by atoms with van der Waals surface area (Å²) in [6.07, 6.45) is 2.65. The molecule has 0 aliphatic heterocycles. The summed E-state index contributed by atoms with van der Waals surface area (Å²) in [5.41, 5.74) is 1.56. The van der Waals surface area contributed by atoms with Gasteiger partial charge in [-0.25, -0.2) is 0 Å². The molecule has 21 heavy (non-hydrogen) atoms. The molecule has 1 rings (SSSR count). The Morgan fingerprint density at radius 1 is 1.19 bits per heavy atom. The summed E-state index contributed by atoms with van der Waals surface area (Å²) in [5, 5.41) is 0.163. The standard InChI is InChI=1S/C14H25NO4SSi/c1-14(2,3)21(5,6)19-11-13-8-7-12(9-15-13)10-18-20(4,16)17/h7-9H,10-11H2,1-6H3. The van der Waals surface area contributed by atoms with Crippen molar-refractivity contribution < 1.29 is 17.0 Å². The molecule has 1 aromatic heterocycles. The number of aromatic nitrogens is 1. The number of hydrogen-bond donors (Lipinski definition) is 0. The first kappa shape index (κ1) is 18.3. The lowest BCUT2D eigenvalue weighted by molar-refractivity contribution is 0.271. The van der Waals surface area contributed by atoms with Gasteiger partial charge in [-0.05, 0) is 29.8 Å². The average molecular weight is 332 g/mol. The lowest BCUT2D eigenvalue weighted by Gasteiger charge is -2.36. The Morgan fingerprint density at radius 3 is 2.24 bits per heavy atom. The second-order valence-electron chi connectivity index (χ2n) is 6.67. The molecule has 1 heterocycles. The fourth-order valence-corrected chi connectivity index (χ4v) is 2.56. The van der Waals surface area contributed by atoms with E-state index in [1.807, 2.05) is 12.1 Å². The Labute approximate surface area is 129 Å². The predicted molar refractivity (Wildman–Crippen MR) is 85.9 cm³/mol. The van der Waals surface area contributed by atoms with Gasteiger partial charge in [0, 0.05) is 6.20 Å². The first-order valence-electron chi connectivity index (χ1n) is 6.83. The maximum absolute atomic E-state index is 10.9. The van der Waals surface area contributed by atoms with Crippen molar-refractivity contribution in [3.8, 4) is 0 Å². The molecule has 0 radical (unpaired) electrons. The normalized spacial score (nSPS) is 13.4. The summed E-state index contributed by atoms with van der Waals surface area (Å²) >= 11 is 0. The van der Waals surface area contributed by atoms with Crippen molar-refractivity contribution in [1.29, 1.82) is 0 Å². The van der Waals surface area contributed by atoms with E-state index >= 15 is 0 Å². The minimum absolute atomic E-state index is 0.00913. The molecule has 0 aliphatic rings. The van der Waals surface area contributed by atoms with Crippen LogP contribution in [0.25, 0.3) is 0 Å². The van der Waals surface area contributed by atoms with E-state index in [2.05, 4.69) is 38.8 Å². The fraction of sp³-hybridized carbons (Fsp3) is 0.643. The Bertz CT molecular complexity index is 562. The van der Waals surface area contributed by atoms with Crippen LogP contribution in [0.4, 0.5) is 0 Å². The molecule has 0 spiro atoms. The third-order valence-corrected chi connectivity index (χ3v) is 8.74. The van der Waals surface area contributed by atoms with E-state index in [1.165, 1.54) is 0 Å². The average Bonchev–Trinajstić information content (AvgIpc) is 2.33. The monoisotopic (exact) mass is 331 g/mol. The topological polar surface area (TPSA) is 65.5 Å². The smallest absolute Gasteiger partial charge is 0.264 e. The van der Waals surface area contributed by atoms with Crippen molar-refractivity contribution in [2.24, 2.45) is 0 Å². The molecular formula is C14H25NO4SSi. The van der Waals surface area contributed by atoms with Gasteiger partial charge in [0.25, 0.3) is 10.1 Å². The fourth-order valence-electron chi connectivity index (χ4n) is 1.27. The molecule has 1 aromatic rings. The largest absolute Gasteiger partial charge is 0.411 e. The minimum Gasteiger partial charge on any atom is -0.411 e. The summed E-state index contributed by atoms with van der Waals surface area (Å²) in [5.74, 6) is 0. The van der Waals surface area contributed by atoms with E-state index in [0.29, 0.717) is 6.61 Å². The molecule has 0 aromatic carbocycles. The SMILES string of the molecule is CC(C)(C)[Si](C)(C)OCc1ccc(COS(C)(=O)=O)cn1. The van der Waals surface area contributed by atoms with E-state index in [-0.39, 0.29) is 11.6 Å². The van der Waals surface area contributed by atoms with E-state index < -0.39 is 18.4 Å². The highest BCUT2D eigenvalue weighted by atomic mass is 32.2. The van der Waals surface area contributed by atoms with Gasteiger partial charge in [0.05, 0.1) is 25.2 Å². The van der Waals surface area contributed by atoms with Crippen molar-refractivity contribution in [3.05, 3.63) is 29.6 Å². The van der Waals surface area contributed by atoms with Crippen molar-refractivity contribution in [2.75, 3.05) is 6.26 Å². The highest BCUT2D eigenvalue weighted by molar-refractivity contribution is 7.85. The van der Waals surface area contributed by atoms with Crippen LogP contribution < -0.4 is 0 Å². The van der Waals surface area contributed by atoms with Crippen LogP contribution in [0.2, 0.25) is 18.1 Å². The molecule has 0 amide bonds. The van der Waals surface area contributed by atoms with Crippen molar-refractivity contribution in [1.82, 2.24) is 4.98 Å². The van der Waals surface area contributed by atoms with Crippen molar-refractivity contribution >= 4 is 18.4 Å². The maximum atomic E-state index is 10.9. The van der Waals surface area contributed by atoms with E-state index in [1.54, 1.807) is 6.20 Å². The van der Waals surface area contributed by atoms with Crippen molar-refractivity contribution in [3.63, 3.8) is 0 Å². The number of nitrogens with zero attached hydrogens (tertiary/aromatic N) is 1. The molecule has 0 bridgehead atoms. The van der Waals surface area contributed by atoms with Gasteiger partial charge in [0.2, 0.25) is 0 Å². The minimum atomic E-state index is -3.43. The quantitative estimate of drug-likeness (QED) is 0.592. The van der Waals surface area contributed by atoms with Crippen LogP contribution in [0, 0.1) is 0 Å². The lowest BCUT2D eigenvalue weighted by Crippen LogP contribution is -2.40. The van der Waals surface area contributed by atoms with Crippen LogP contribution in [0.15, 0.2) is 18.3 Å². The van der Waals surface area contributed by atoms with Gasteiger partial charge in [-0.1, -0.05) is 26.8 Å². The third kappa shape index (κ3) is 6.25. The van der Waals surface area contributed by atoms with Gasteiger partial charge in [-0.2, -0.15) is 8.42 Å². The van der Waals surface area contributed by atoms with E-state index in [4.69, 9.17) is 8.61 Å². The Kier molecular flexibility index (Phi) is 5.71. The highest BCUT2D eigenvalue weighted by Crippen LogP contribution is 2.36. The van der Waals surface area contributed by atoms with Crippen molar-refractivity contribution in [2.45, 2.75) is 52.1 Å². The summed E-state index contributed by atoms with van der Waals surface area (Å²) in [6.45, 7) is 11.5. The zero-order valence-electron chi connectivity index (χ0n) is 13.6. The zero-order chi connectivity index (χ0) is 16.3. The molecule has 0 unspecified atom stereocenters. The molecule has 0 N–H and O–H groups in total. The summed E-state index contributed by atoms with van der Waals surface area (Å²) in [7, 11) is -5.21. The number of rotatable bonds is 6. The van der Waals surface area contributed by atoms with Gasteiger partial charge in [-0.15, -0.1) is 0 Å². The molecule has 5 nitrogen and oxygen atoms in total. The second-order valence-corrected chi connectivity index (χ2v) is 13.1. The molecule has 0 atom stereocenters. The Hall–Kier alpha value is -0.763. The van der Waals surface area contributed by atoms with Gasteiger partial charge < -0.3 is 4.43 Å². The maximum Gasteiger partial charge on any atom is 0.264 e. The van der Waals surface area contributed by atoms with Crippen LogP contribution in [0.3, 0.4) is 0 Å². The molecule has 0 saturated carbocycles. The van der Waals surface area contributed by atoms with E-state index in [0.717, 1.165) is 17.5 Å². The first-order chi connectivity index (χ1) is 9.41. The van der Waals surface area contributed by atoms with Gasteiger partial charge >= 0.3 is 0 Å². The van der Waals surface area contributed by atoms with Crippen LogP contribution in [-0.4, -0.2) is 28.0 Å². The molecular weight excluding hydrogens is 306 g/mol. The highest BCUT2D eigenvalue weighted by Gasteiger charge is 2.37. The number of hydrogen-bond acceptors (Lipinski definition) is 5. The Morgan fingerprint density at radius 2 is 1.81 bits per heavy atom. The first-order valence-corrected chi connectivity index (χ1v) is 11.6. The van der Waals surface area contributed by atoms with E-state index in [9.17, 15) is 8.42 Å². The van der Waals surface area contributed by atoms with Crippen LogP contribution in [0.5, 0.6) is 0 Å². The predicted octanol–water partition coefficient (Wildman–Crippen LogP) is 3.08. The zero-order valence-corrected chi connectivity index (χ0v) is 15.5. The second kappa shape index (κ2) is 6.56. The number of pyridine rings is 1. The van der Waals surface area contributed by atoms with Crippen LogP contribution >= 0.6 is 0 Å². The molecule has 0 fully saturated rings. The van der Waals surface area contributed by atoms with Crippen LogP contribution in [0.1, 0.15) is 32.0 Å². The van der Waals surface area contributed by atoms with Gasteiger partial charge in [0.15, 0.2) is 8.32 Å². The molecule has 0 aliphatic carbocycles. The Balaban J connectivity index is 2.60. The van der Waals surface area contributed by atoms with Gasteiger partial charge in [-0.3, -0.25) is 9.17 Å². The van der Waals surface area contributed by atoms with Gasteiger partial charge in [0.1, 0.15) is 0 Å². The van der Waals surface area contributed by atoms with Crippen LogP contribution in [-0.2, 0) is 31.9 Å².